The predicted octanol–water partition coefficient (Wildman–Crippen LogP) is 0.179. The Hall–Kier alpha value is -2.67. The molecule has 3 fully saturated rings. The number of fused-ring (bicyclic) bond motifs is 1. The van der Waals surface area contributed by atoms with Gasteiger partial charge in [0.15, 0.2) is 5.82 Å². The van der Waals surface area contributed by atoms with E-state index in [-0.39, 0.29) is 0 Å². The molecule has 174 valence electrons. The molecule has 1 aromatic rings. The number of nitrogens with zero attached hydrogens (tertiary/aromatic N) is 6. The number of hydrogen-bond acceptors (Lipinski definition) is 12. The minimum absolute atomic E-state index is 0.348. The Morgan fingerprint density at radius 2 is 1.88 bits per heavy atom. The van der Waals surface area contributed by atoms with E-state index in [4.69, 9.17) is 19.1 Å². The van der Waals surface area contributed by atoms with Gasteiger partial charge in [-0.15, -0.1) is 0 Å². The van der Waals surface area contributed by atoms with Gasteiger partial charge in [0.05, 0.1) is 38.3 Å². The van der Waals surface area contributed by atoms with Gasteiger partial charge in [0.1, 0.15) is 18.1 Å². The molecule has 0 atom stereocenters. The molecule has 12 nitrogen and oxygen atoms in total. The van der Waals surface area contributed by atoms with E-state index in [1.54, 1.807) is 0 Å². The fourth-order valence-corrected chi connectivity index (χ4v) is 4.00. The summed E-state index contributed by atoms with van der Waals surface area (Å²) in [5.41, 5.74) is 7.75. The van der Waals surface area contributed by atoms with E-state index in [0.717, 1.165) is 82.6 Å². The molecule has 0 saturated carbocycles. The van der Waals surface area contributed by atoms with Crippen LogP contribution in [0.15, 0.2) is 23.1 Å². The van der Waals surface area contributed by atoms with Crippen LogP contribution in [0.4, 0.5) is 11.6 Å². The van der Waals surface area contributed by atoms with Crippen molar-refractivity contribution in [3.63, 3.8) is 0 Å². The Labute approximate surface area is 187 Å². The lowest BCUT2D eigenvalue weighted by molar-refractivity contribution is -0.149. The molecular formula is C20H30N8O4. The SMILES string of the molecule is C1=C2C(=NNc3cc(N4CCOCC4)nc(OCCN4CCOCC4)n3)CCCN2ON1. The predicted molar refractivity (Wildman–Crippen MR) is 117 cm³/mol. The number of aromatic nitrogens is 2. The van der Waals surface area contributed by atoms with Gasteiger partial charge in [-0.3, -0.25) is 10.3 Å². The van der Waals surface area contributed by atoms with Crippen LogP contribution in [-0.4, -0.2) is 97.9 Å². The van der Waals surface area contributed by atoms with Crippen LogP contribution >= 0.6 is 0 Å². The average Bonchev–Trinajstić information content (AvgIpc) is 3.34. The van der Waals surface area contributed by atoms with Gasteiger partial charge >= 0.3 is 6.01 Å². The van der Waals surface area contributed by atoms with Gasteiger partial charge in [0.2, 0.25) is 0 Å². The second-order valence-corrected chi connectivity index (χ2v) is 7.91. The molecule has 4 aliphatic rings. The molecule has 3 saturated heterocycles. The second kappa shape index (κ2) is 10.3. The zero-order valence-corrected chi connectivity index (χ0v) is 18.2. The van der Waals surface area contributed by atoms with Crippen LogP contribution in [0, 0.1) is 0 Å². The van der Waals surface area contributed by atoms with Crippen LogP contribution in [0.3, 0.4) is 0 Å². The molecule has 1 aromatic heterocycles. The first-order valence-electron chi connectivity index (χ1n) is 11.2. The van der Waals surface area contributed by atoms with Gasteiger partial charge in [-0.25, -0.2) is 10.5 Å². The number of hydroxylamine groups is 3. The number of allylic oxidation sites excluding steroid dienone is 1. The summed E-state index contributed by atoms with van der Waals surface area (Å²) < 4.78 is 16.8. The number of ether oxygens (including phenoxy) is 3. The van der Waals surface area contributed by atoms with Crippen molar-refractivity contribution in [2.45, 2.75) is 12.8 Å². The second-order valence-electron chi connectivity index (χ2n) is 7.91. The van der Waals surface area contributed by atoms with Gasteiger partial charge in [-0.05, 0) is 12.8 Å². The maximum atomic E-state index is 5.94. The monoisotopic (exact) mass is 446 g/mol. The number of morpholine rings is 2. The van der Waals surface area contributed by atoms with Crippen molar-refractivity contribution < 1.29 is 19.1 Å². The maximum absolute atomic E-state index is 5.94. The molecule has 5 heterocycles. The van der Waals surface area contributed by atoms with Crippen LogP contribution in [0.25, 0.3) is 0 Å². The van der Waals surface area contributed by atoms with Crippen molar-refractivity contribution in [1.29, 1.82) is 0 Å². The zero-order valence-electron chi connectivity index (χ0n) is 18.2. The summed E-state index contributed by atoms with van der Waals surface area (Å²) in [6, 6.07) is 2.25. The minimum Gasteiger partial charge on any atom is -0.462 e. The van der Waals surface area contributed by atoms with E-state index in [2.05, 4.69) is 35.8 Å². The quantitative estimate of drug-likeness (QED) is 0.560. The topological polar surface area (TPSA) is 109 Å². The largest absolute Gasteiger partial charge is 0.462 e. The fourth-order valence-electron chi connectivity index (χ4n) is 4.00. The molecule has 2 N–H and O–H groups in total. The highest BCUT2D eigenvalue weighted by Gasteiger charge is 2.26. The number of anilines is 2. The van der Waals surface area contributed by atoms with Crippen LogP contribution in [0.1, 0.15) is 12.8 Å². The normalized spacial score (nSPS) is 23.0. The third-order valence-electron chi connectivity index (χ3n) is 5.77. The first kappa shape index (κ1) is 21.2. The molecule has 0 spiro atoms. The summed E-state index contributed by atoms with van der Waals surface area (Å²) in [6.45, 7) is 8.49. The highest BCUT2D eigenvalue weighted by atomic mass is 16.8. The van der Waals surface area contributed by atoms with Gasteiger partial charge < -0.3 is 19.1 Å². The summed E-state index contributed by atoms with van der Waals surface area (Å²) in [5, 5.41) is 6.41. The summed E-state index contributed by atoms with van der Waals surface area (Å²) in [4.78, 5) is 19.0. The molecular weight excluding hydrogens is 416 g/mol. The Morgan fingerprint density at radius 3 is 2.72 bits per heavy atom. The van der Waals surface area contributed by atoms with E-state index >= 15 is 0 Å². The van der Waals surface area contributed by atoms with Crippen molar-refractivity contribution in [2.24, 2.45) is 5.10 Å². The van der Waals surface area contributed by atoms with E-state index in [1.165, 1.54) is 0 Å². The molecule has 12 heteroatoms. The molecule has 0 bridgehead atoms. The van der Waals surface area contributed by atoms with Crippen LogP contribution in [-0.2, 0) is 14.4 Å². The van der Waals surface area contributed by atoms with Gasteiger partial charge in [0, 0.05) is 45.3 Å². The Kier molecular flexibility index (Phi) is 6.82. The average molecular weight is 447 g/mol. The third-order valence-corrected chi connectivity index (χ3v) is 5.77. The molecule has 0 radical (unpaired) electrons. The van der Waals surface area contributed by atoms with Crippen LogP contribution in [0.5, 0.6) is 6.01 Å². The molecule has 5 rings (SSSR count). The van der Waals surface area contributed by atoms with Gasteiger partial charge in [0.25, 0.3) is 0 Å². The lowest BCUT2D eigenvalue weighted by Gasteiger charge is -2.28. The zero-order chi connectivity index (χ0) is 21.6. The first-order valence-corrected chi connectivity index (χ1v) is 11.2. The molecule has 0 aliphatic carbocycles. The van der Waals surface area contributed by atoms with E-state index in [1.807, 2.05) is 17.3 Å². The molecule has 0 unspecified atom stereocenters. The van der Waals surface area contributed by atoms with Crippen molar-refractivity contribution in [1.82, 2.24) is 25.4 Å². The van der Waals surface area contributed by atoms with Gasteiger partial charge in [-0.1, -0.05) is 0 Å². The highest BCUT2D eigenvalue weighted by Crippen LogP contribution is 2.23. The number of nitrogens with one attached hydrogen (secondary N) is 2. The van der Waals surface area contributed by atoms with Crippen molar-refractivity contribution in [2.75, 3.05) is 82.6 Å². The van der Waals surface area contributed by atoms with Crippen molar-refractivity contribution in [3.05, 3.63) is 18.0 Å². The van der Waals surface area contributed by atoms with Gasteiger partial charge in [-0.2, -0.15) is 20.0 Å². The summed E-state index contributed by atoms with van der Waals surface area (Å²) in [7, 11) is 0. The lowest BCUT2D eigenvalue weighted by atomic mass is 10.1. The lowest BCUT2D eigenvalue weighted by Crippen LogP contribution is -2.39. The number of hydrogen-bond donors (Lipinski definition) is 2. The third kappa shape index (κ3) is 5.21. The molecule has 4 aliphatic heterocycles. The van der Waals surface area contributed by atoms with Crippen LogP contribution in [0.2, 0.25) is 0 Å². The highest BCUT2D eigenvalue weighted by molar-refractivity contribution is 6.00. The Balaban J connectivity index is 1.29. The first-order chi connectivity index (χ1) is 15.8. The summed E-state index contributed by atoms with van der Waals surface area (Å²) >= 11 is 0. The number of piperidine rings is 1. The Bertz CT molecular complexity index is 839. The minimum atomic E-state index is 0.348. The number of rotatable bonds is 7. The standard InChI is InChI=1S/C20H30N8O4/c1-2-16(17-15-21-32-28(17)3-1)24-25-18-14-19(27-7-11-30-12-8-27)23-20(22-18)31-13-6-26-4-9-29-10-5-26/h14-15,21H,1-13H2,(H,22,23,25). The Morgan fingerprint density at radius 1 is 1.06 bits per heavy atom. The summed E-state index contributed by atoms with van der Waals surface area (Å²) in [5.74, 6) is 1.41. The molecule has 0 aromatic carbocycles. The van der Waals surface area contributed by atoms with E-state index < -0.39 is 0 Å². The maximum Gasteiger partial charge on any atom is 0.320 e. The smallest absolute Gasteiger partial charge is 0.320 e. The number of hydrazone groups is 1. The molecule has 0 amide bonds. The van der Waals surface area contributed by atoms with Crippen molar-refractivity contribution >= 4 is 17.3 Å². The summed E-state index contributed by atoms with van der Waals surface area (Å²) in [6.07, 6.45) is 3.65. The fraction of sp³-hybridized carbons (Fsp3) is 0.650. The van der Waals surface area contributed by atoms with E-state index in [0.29, 0.717) is 31.6 Å². The molecule has 32 heavy (non-hydrogen) atoms. The van der Waals surface area contributed by atoms with Crippen LogP contribution < -0.4 is 20.5 Å². The van der Waals surface area contributed by atoms with Crippen molar-refractivity contribution in [3.8, 4) is 6.01 Å². The van der Waals surface area contributed by atoms with E-state index in [9.17, 15) is 0 Å².